The molecule has 122 valence electrons. The lowest BCUT2D eigenvalue weighted by Gasteiger charge is -2.40. The molecule has 21 heavy (non-hydrogen) atoms. The van der Waals surface area contributed by atoms with Crippen LogP contribution in [0.25, 0.3) is 0 Å². The highest BCUT2D eigenvalue weighted by Crippen LogP contribution is 2.21. The van der Waals surface area contributed by atoms with E-state index < -0.39 is 42.6 Å². The number of hydrogen-bond acceptors (Lipinski definition) is 8. The van der Waals surface area contributed by atoms with Crippen LogP contribution in [0.2, 0.25) is 0 Å². The van der Waals surface area contributed by atoms with E-state index in [1.165, 1.54) is 7.05 Å². The molecule has 0 amide bonds. The Morgan fingerprint density at radius 3 is 2.43 bits per heavy atom. The zero-order chi connectivity index (χ0) is 16.0. The van der Waals surface area contributed by atoms with Gasteiger partial charge < -0.3 is 35.2 Å². The van der Waals surface area contributed by atoms with Crippen molar-refractivity contribution in [1.29, 1.82) is 0 Å². The van der Waals surface area contributed by atoms with Gasteiger partial charge in [0.05, 0.1) is 31.6 Å². The highest BCUT2D eigenvalue weighted by atomic mass is 16.6. The Balaban J connectivity index is 2.35. The average Bonchev–Trinajstić information content (AvgIpc) is 2.42. The fourth-order valence-electron chi connectivity index (χ4n) is 2.07. The predicted molar refractivity (Wildman–Crippen MR) is 68.2 cm³/mol. The topological polar surface area (TPSA) is 146 Å². The third-order valence-electron chi connectivity index (χ3n) is 3.26. The summed E-state index contributed by atoms with van der Waals surface area (Å²) in [6, 6.07) is -0.811. The SMILES string of the molecule is CNC1[C@H](O)OC(CCOC(=O)CCC(=O)O)[C@H](O)[C@@H]1O. The number of aliphatic hydroxyl groups excluding tert-OH is 3. The Hall–Kier alpha value is -1.26. The number of carbonyl (C=O) groups excluding carboxylic acids is 1. The molecule has 1 aliphatic rings. The Kier molecular flexibility index (Phi) is 6.99. The van der Waals surface area contributed by atoms with Gasteiger partial charge in [0.1, 0.15) is 12.2 Å². The van der Waals surface area contributed by atoms with E-state index in [1.807, 2.05) is 0 Å². The summed E-state index contributed by atoms with van der Waals surface area (Å²) in [7, 11) is 1.51. The second kappa shape index (κ2) is 8.25. The number of carboxylic acids is 1. The second-order valence-electron chi connectivity index (χ2n) is 4.76. The zero-order valence-corrected chi connectivity index (χ0v) is 11.6. The number of aliphatic carboxylic acids is 1. The summed E-state index contributed by atoms with van der Waals surface area (Å²) in [6.07, 6.45) is -5.10. The highest BCUT2D eigenvalue weighted by Gasteiger charge is 2.42. The first kappa shape index (κ1) is 17.8. The van der Waals surface area contributed by atoms with Crippen LogP contribution in [0, 0.1) is 0 Å². The van der Waals surface area contributed by atoms with E-state index in [9.17, 15) is 24.9 Å². The van der Waals surface area contributed by atoms with Crippen LogP contribution in [-0.2, 0) is 19.1 Å². The van der Waals surface area contributed by atoms with Gasteiger partial charge in [0.25, 0.3) is 0 Å². The van der Waals surface area contributed by atoms with Crippen LogP contribution in [0.15, 0.2) is 0 Å². The first-order valence-electron chi connectivity index (χ1n) is 6.61. The largest absolute Gasteiger partial charge is 0.481 e. The number of aliphatic hydroxyl groups is 3. The number of carbonyl (C=O) groups is 2. The highest BCUT2D eigenvalue weighted by molar-refractivity contribution is 5.76. The van der Waals surface area contributed by atoms with Crippen molar-refractivity contribution in [3.63, 3.8) is 0 Å². The van der Waals surface area contributed by atoms with E-state index in [0.29, 0.717) is 0 Å². The lowest BCUT2D eigenvalue weighted by Crippen LogP contribution is -2.61. The molecule has 2 unspecified atom stereocenters. The summed E-state index contributed by atoms with van der Waals surface area (Å²) < 4.78 is 9.95. The van der Waals surface area contributed by atoms with Crippen molar-refractivity contribution in [1.82, 2.24) is 5.32 Å². The number of nitrogens with one attached hydrogen (secondary N) is 1. The van der Waals surface area contributed by atoms with E-state index in [-0.39, 0.29) is 25.9 Å². The maximum absolute atomic E-state index is 11.2. The number of ether oxygens (including phenoxy) is 2. The van der Waals surface area contributed by atoms with Crippen molar-refractivity contribution < 1.29 is 39.5 Å². The zero-order valence-electron chi connectivity index (χ0n) is 11.6. The van der Waals surface area contributed by atoms with Crippen molar-refractivity contribution in [2.24, 2.45) is 0 Å². The Labute approximate surface area is 121 Å². The number of rotatable bonds is 7. The minimum atomic E-state index is -1.29. The minimum Gasteiger partial charge on any atom is -0.481 e. The van der Waals surface area contributed by atoms with Gasteiger partial charge >= 0.3 is 11.9 Å². The molecule has 1 fully saturated rings. The summed E-state index contributed by atoms with van der Waals surface area (Å²) in [5, 5.41) is 40.4. The van der Waals surface area contributed by atoms with Gasteiger partial charge in [0, 0.05) is 6.42 Å². The predicted octanol–water partition coefficient (Wildman–Crippen LogP) is -2.19. The van der Waals surface area contributed by atoms with Crippen molar-refractivity contribution in [2.45, 2.75) is 49.9 Å². The molecule has 0 aliphatic carbocycles. The van der Waals surface area contributed by atoms with E-state index >= 15 is 0 Å². The van der Waals surface area contributed by atoms with Crippen LogP contribution in [0.1, 0.15) is 19.3 Å². The number of hydrogen-bond donors (Lipinski definition) is 5. The van der Waals surface area contributed by atoms with Crippen molar-refractivity contribution in [3.05, 3.63) is 0 Å². The standard InChI is InChI=1S/C12H21NO8/c1-13-9-11(18)10(17)6(21-12(9)19)4-5-20-8(16)3-2-7(14)15/h6,9-13,17-19H,2-5H2,1H3,(H,14,15)/t6?,9?,10-,11+,12+/m0/s1. The molecule has 5 N–H and O–H groups in total. The molecule has 0 aromatic heterocycles. The first-order valence-corrected chi connectivity index (χ1v) is 6.61. The van der Waals surface area contributed by atoms with E-state index in [1.54, 1.807) is 0 Å². The summed E-state index contributed by atoms with van der Waals surface area (Å²) in [5.41, 5.74) is 0. The number of esters is 1. The van der Waals surface area contributed by atoms with E-state index in [4.69, 9.17) is 14.6 Å². The van der Waals surface area contributed by atoms with E-state index in [0.717, 1.165) is 0 Å². The Bertz CT molecular complexity index is 363. The van der Waals surface area contributed by atoms with Crippen molar-refractivity contribution >= 4 is 11.9 Å². The monoisotopic (exact) mass is 307 g/mol. The molecule has 1 rings (SSSR count). The minimum absolute atomic E-state index is 0.0739. The number of carboxylic acid groups (broad SMARTS) is 1. The molecule has 0 saturated carbocycles. The van der Waals surface area contributed by atoms with Crippen LogP contribution in [0.4, 0.5) is 0 Å². The summed E-state index contributed by atoms with van der Waals surface area (Å²) >= 11 is 0. The summed E-state index contributed by atoms with van der Waals surface area (Å²) in [5.74, 6) is -1.76. The molecule has 9 heteroatoms. The maximum atomic E-state index is 11.2. The lowest BCUT2D eigenvalue weighted by atomic mass is 9.95. The molecule has 1 aliphatic heterocycles. The van der Waals surface area contributed by atoms with Crippen molar-refractivity contribution in [3.8, 4) is 0 Å². The van der Waals surface area contributed by atoms with Gasteiger partial charge in [-0.1, -0.05) is 0 Å². The fourth-order valence-corrected chi connectivity index (χ4v) is 2.07. The van der Waals surface area contributed by atoms with Crippen LogP contribution in [0.3, 0.4) is 0 Å². The molecule has 1 saturated heterocycles. The van der Waals surface area contributed by atoms with Gasteiger partial charge in [-0.25, -0.2) is 0 Å². The van der Waals surface area contributed by atoms with Gasteiger partial charge in [0.2, 0.25) is 0 Å². The third-order valence-corrected chi connectivity index (χ3v) is 3.26. The van der Waals surface area contributed by atoms with Gasteiger partial charge in [-0.05, 0) is 7.05 Å². The molecule has 0 aromatic carbocycles. The first-order chi connectivity index (χ1) is 9.86. The van der Waals surface area contributed by atoms with Crippen molar-refractivity contribution in [2.75, 3.05) is 13.7 Å². The molecule has 0 radical (unpaired) electrons. The molecule has 0 aromatic rings. The molecular formula is C12H21NO8. The van der Waals surface area contributed by atoms with Crippen LogP contribution >= 0.6 is 0 Å². The van der Waals surface area contributed by atoms with Gasteiger partial charge in [0.15, 0.2) is 6.29 Å². The molecule has 1 heterocycles. The summed E-state index contributed by atoms with van der Waals surface area (Å²) in [4.78, 5) is 21.5. The molecule has 0 bridgehead atoms. The average molecular weight is 307 g/mol. The Morgan fingerprint density at radius 2 is 1.86 bits per heavy atom. The molecule has 0 spiro atoms. The van der Waals surface area contributed by atoms with Gasteiger partial charge in [-0.3, -0.25) is 9.59 Å². The maximum Gasteiger partial charge on any atom is 0.306 e. The number of likely N-dealkylation sites (N-methyl/N-ethyl adjacent to an activating group) is 1. The normalized spacial score (nSPS) is 32.7. The van der Waals surface area contributed by atoms with Gasteiger partial charge in [-0.15, -0.1) is 0 Å². The van der Waals surface area contributed by atoms with Gasteiger partial charge in [-0.2, -0.15) is 0 Å². The third kappa shape index (κ3) is 5.21. The summed E-state index contributed by atoms with van der Waals surface area (Å²) in [6.45, 7) is -0.107. The lowest BCUT2D eigenvalue weighted by molar-refractivity contribution is -0.249. The molecule has 9 nitrogen and oxygen atoms in total. The quantitative estimate of drug-likeness (QED) is 0.331. The fraction of sp³-hybridized carbons (Fsp3) is 0.833. The molecular weight excluding hydrogens is 286 g/mol. The second-order valence-corrected chi connectivity index (χ2v) is 4.76. The van der Waals surface area contributed by atoms with Crippen LogP contribution in [-0.4, -0.2) is 76.7 Å². The smallest absolute Gasteiger partial charge is 0.306 e. The van der Waals surface area contributed by atoms with E-state index in [2.05, 4.69) is 5.32 Å². The van der Waals surface area contributed by atoms with Crippen LogP contribution < -0.4 is 5.32 Å². The molecule has 5 atom stereocenters. The van der Waals surface area contributed by atoms with Crippen LogP contribution in [0.5, 0.6) is 0 Å². The Morgan fingerprint density at radius 1 is 1.19 bits per heavy atom.